The van der Waals surface area contributed by atoms with Gasteiger partial charge in [-0.25, -0.2) is 4.39 Å². The summed E-state index contributed by atoms with van der Waals surface area (Å²) in [6, 6.07) is 22.4. The predicted molar refractivity (Wildman–Crippen MR) is 139 cm³/mol. The van der Waals surface area contributed by atoms with Crippen LogP contribution in [0.4, 0.5) is 10.1 Å². The maximum absolute atomic E-state index is 13.4. The number of rotatable bonds is 8. The summed E-state index contributed by atoms with van der Waals surface area (Å²) in [5, 5.41) is 0. The molecule has 1 atom stereocenters. The molecule has 0 N–H and O–H groups in total. The van der Waals surface area contributed by atoms with Gasteiger partial charge in [0.15, 0.2) is 0 Å². The Morgan fingerprint density at radius 3 is 2.30 bits per heavy atom. The van der Waals surface area contributed by atoms with E-state index in [1.165, 1.54) is 12.1 Å². The number of esters is 1. The molecule has 1 aliphatic rings. The second-order valence-corrected chi connectivity index (χ2v) is 9.16. The Balaban J connectivity index is 1.47. The summed E-state index contributed by atoms with van der Waals surface area (Å²) in [5.74, 6) is -1.06. The highest BCUT2D eigenvalue weighted by Crippen LogP contribution is 2.23. The number of benzene rings is 3. The van der Waals surface area contributed by atoms with Gasteiger partial charge in [0.05, 0.1) is 25.5 Å². The van der Waals surface area contributed by atoms with Crippen LogP contribution in [-0.2, 0) is 27.3 Å². The summed E-state index contributed by atoms with van der Waals surface area (Å²) < 4.78 is 18.5. The highest BCUT2D eigenvalue weighted by Gasteiger charge is 2.29. The van der Waals surface area contributed by atoms with Gasteiger partial charge >= 0.3 is 5.97 Å². The zero-order valence-corrected chi connectivity index (χ0v) is 20.9. The van der Waals surface area contributed by atoms with Crippen molar-refractivity contribution >= 4 is 23.5 Å². The molecule has 4 rings (SSSR count). The van der Waals surface area contributed by atoms with E-state index in [4.69, 9.17) is 4.74 Å². The minimum atomic E-state index is -0.332. The molecule has 0 aromatic heterocycles. The Labute approximate surface area is 216 Å². The molecule has 0 bridgehead atoms. The van der Waals surface area contributed by atoms with Crippen LogP contribution in [0.15, 0.2) is 78.9 Å². The maximum Gasteiger partial charge on any atom is 0.310 e. The number of carbonyl (C=O) groups excluding carboxylic acids is 3. The zero-order valence-electron chi connectivity index (χ0n) is 20.9. The van der Waals surface area contributed by atoms with Gasteiger partial charge in [0.2, 0.25) is 5.91 Å². The van der Waals surface area contributed by atoms with Crippen molar-refractivity contribution in [1.82, 2.24) is 4.90 Å². The molecule has 37 heavy (non-hydrogen) atoms. The van der Waals surface area contributed by atoms with Crippen LogP contribution in [0.2, 0.25) is 0 Å². The van der Waals surface area contributed by atoms with Crippen LogP contribution < -0.4 is 4.90 Å². The first kappa shape index (κ1) is 26.1. The first-order valence-corrected chi connectivity index (χ1v) is 12.6. The fourth-order valence-electron chi connectivity index (χ4n) is 4.53. The van der Waals surface area contributed by atoms with E-state index in [1.54, 1.807) is 41.0 Å². The lowest BCUT2D eigenvalue weighted by Crippen LogP contribution is -2.43. The second kappa shape index (κ2) is 12.3. The summed E-state index contributed by atoms with van der Waals surface area (Å²) in [7, 11) is 0. The van der Waals surface area contributed by atoms with Crippen molar-refractivity contribution in [1.29, 1.82) is 0 Å². The van der Waals surface area contributed by atoms with Crippen molar-refractivity contribution in [3.05, 3.63) is 101 Å². The minimum Gasteiger partial charge on any atom is -0.466 e. The third-order valence-corrected chi connectivity index (χ3v) is 6.52. The molecule has 7 heteroatoms. The predicted octanol–water partition coefficient (Wildman–Crippen LogP) is 5.02. The van der Waals surface area contributed by atoms with Gasteiger partial charge in [0.25, 0.3) is 5.91 Å². The first-order chi connectivity index (χ1) is 17.9. The van der Waals surface area contributed by atoms with E-state index < -0.39 is 0 Å². The number of amides is 2. The third-order valence-electron chi connectivity index (χ3n) is 6.52. The van der Waals surface area contributed by atoms with E-state index in [-0.39, 0.29) is 42.5 Å². The van der Waals surface area contributed by atoms with Crippen molar-refractivity contribution < 1.29 is 23.5 Å². The Kier molecular flexibility index (Phi) is 8.67. The van der Waals surface area contributed by atoms with Gasteiger partial charge in [0.1, 0.15) is 5.82 Å². The summed E-state index contributed by atoms with van der Waals surface area (Å²) in [6.45, 7) is 3.40. The largest absolute Gasteiger partial charge is 0.466 e. The summed E-state index contributed by atoms with van der Waals surface area (Å²) >= 11 is 0. The average molecular weight is 503 g/mol. The fourth-order valence-corrected chi connectivity index (χ4v) is 4.53. The number of halogens is 1. The van der Waals surface area contributed by atoms with Crippen molar-refractivity contribution in [3.63, 3.8) is 0 Å². The molecule has 1 saturated heterocycles. The number of nitrogens with zero attached hydrogens (tertiary/aromatic N) is 2. The van der Waals surface area contributed by atoms with E-state index in [1.807, 2.05) is 42.5 Å². The number of anilines is 1. The van der Waals surface area contributed by atoms with Gasteiger partial charge in [-0.3, -0.25) is 14.4 Å². The molecule has 1 fully saturated rings. The molecule has 3 aromatic carbocycles. The van der Waals surface area contributed by atoms with Gasteiger partial charge in [-0.05, 0) is 67.3 Å². The van der Waals surface area contributed by atoms with E-state index in [0.29, 0.717) is 30.9 Å². The van der Waals surface area contributed by atoms with E-state index >= 15 is 0 Å². The Bertz CT molecular complexity index is 1210. The third kappa shape index (κ3) is 6.82. The Hall–Kier alpha value is -4.00. The highest BCUT2D eigenvalue weighted by atomic mass is 19.1. The highest BCUT2D eigenvalue weighted by molar-refractivity contribution is 6.06. The number of hydrogen-bond donors (Lipinski definition) is 0. The maximum atomic E-state index is 13.4. The quantitative estimate of drug-likeness (QED) is 0.406. The number of piperidine rings is 1. The van der Waals surface area contributed by atoms with Crippen molar-refractivity contribution in [2.45, 2.75) is 32.7 Å². The Morgan fingerprint density at radius 1 is 0.946 bits per heavy atom. The van der Waals surface area contributed by atoms with E-state index in [9.17, 15) is 18.8 Å². The summed E-state index contributed by atoms with van der Waals surface area (Å²) in [5.41, 5.74) is 2.84. The first-order valence-electron chi connectivity index (χ1n) is 12.6. The van der Waals surface area contributed by atoms with Crippen LogP contribution in [0.1, 0.15) is 41.3 Å². The molecular weight excluding hydrogens is 471 g/mol. The van der Waals surface area contributed by atoms with Gasteiger partial charge in [-0.15, -0.1) is 0 Å². The van der Waals surface area contributed by atoms with Crippen LogP contribution >= 0.6 is 0 Å². The lowest BCUT2D eigenvalue weighted by atomic mass is 9.97. The lowest BCUT2D eigenvalue weighted by Gasteiger charge is -2.31. The van der Waals surface area contributed by atoms with Gasteiger partial charge in [-0.1, -0.05) is 42.5 Å². The van der Waals surface area contributed by atoms with Crippen LogP contribution in [-0.4, -0.2) is 42.4 Å². The normalized spacial score (nSPS) is 15.2. The molecule has 0 unspecified atom stereocenters. The van der Waals surface area contributed by atoms with Crippen LogP contribution in [0, 0.1) is 11.7 Å². The lowest BCUT2D eigenvalue weighted by molar-refractivity contribution is -0.151. The zero-order chi connectivity index (χ0) is 26.2. The number of likely N-dealkylation sites (tertiary alicyclic amines) is 1. The van der Waals surface area contributed by atoms with Crippen LogP contribution in [0.3, 0.4) is 0 Å². The molecule has 0 aliphatic carbocycles. The minimum absolute atomic E-state index is 0.0368. The van der Waals surface area contributed by atoms with Crippen molar-refractivity contribution in [3.8, 4) is 0 Å². The van der Waals surface area contributed by atoms with Gasteiger partial charge < -0.3 is 14.5 Å². The van der Waals surface area contributed by atoms with E-state index in [0.717, 1.165) is 24.0 Å². The topological polar surface area (TPSA) is 66.9 Å². The second-order valence-electron chi connectivity index (χ2n) is 9.16. The molecule has 0 spiro atoms. The molecule has 1 aliphatic heterocycles. The molecule has 6 nitrogen and oxygen atoms in total. The van der Waals surface area contributed by atoms with Gasteiger partial charge in [-0.2, -0.15) is 0 Å². The number of carbonyl (C=O) groups is 3. The Morgan fingerprint density at radius 2 is 1.62 bits per heavy atom. The van der Waals surface area contributed by atoms with Crippen molar-refractivity contribution in [2.24, 2.45) is 5.92 Å². The SMILES string of the molecule is CCOC(=O)[C@H]1CCCN(C(=O)Cc2ccc(N(Cc3ccc(F)cc3)C(=O)c3ccccc3)cc2)C1. The molecule has 0 radical (unpaired) electrons. The number of hydrogen-bond acceptors (Lipinski definition) is 4. The summed E-state index contributed by atoms with van der Waals surface area (Å²) in [6.07, 6.45) is 1.71. The molecule has 3 aromatic rings. The molecule has 1 heterocycles. The van der Waals surface area contributed by atoms with Crippen LogP contribution in [0.5, 0.6) is 0 Å². The van der Waals surface area contributed by atoms with Crippen molar-refractivity contribution in [2.75, 3.05) is 24.6 Å². The van der Waals surface area contributed by atoms with E-state index in [2.05, 4.69) is 0 Å². The van der Waals surface area contributed by atoms with Gasteiger partial charge in [0, 0.05) is 24.3 Å². The smallest absolute Gasteiger partial charge is 0.310 e. The monoisotopic (exact) mass is 502 g/mol. The molecule has 0 saturated carbocycles. The average Bonchev–Trinajstić information content (AvgIpc) is 2.93. The molecule has 192 valence electrons. The van der Waals surface area contributed by atoms with Crippen LogP contribution in [0.25, 0.3) is 0 Å². The molecular formula is C30H31FN2O4. The molecule has 2 amide bonds. The fraction of sp³-hybridized carbons (Fsp3) is 0.300. The standard InChI is InChI=1S/C30H31FN2O4/c1-2-37-30(36)25-9-6-18-32(21-25)28(34)19-22-12-16-27(17-13-22)33(20-23-10-14-26(31)15-11-23)29(35)24-7-4-3-5-8-24/h3-5,7-8,10-17,25H,2,6,9,18-21H2,1H3/t25-/m0/s1. The summed E-state index contributed by atoms with van der Waals surface area (Å²) in [4.78, 5) is 41.8. The number of ether oxygens (including phenoxy) is 1.